The van der Waals surface area contributed by atoms with E-state index in [2.05, 4.69) is 40.5 Å². The molecule has 11 N–H and O–H groups in total. The SMILES string of the molecule is CC(NCC1OC(n2cnc3c(=O)[nH]c(N)nc32)C(O)C1O)C(=O)Nc1nc2c(ncn2C2OC(CO)C(O)C2O)c(=O)[nH]1. The molecule has 2 aliphatic rings. The van der Waals surface area contributed by atoms with Gasteiger partial charge < -0.3 is 46.1 Å². The molecule has 21 heteroatoms. The summed E-state index contributed by atoms with van der Waals surface area (Å²) < 4.78 is 13.8. The summed E-state index contributed by atoms with van der Waals surface area (Å²) in [4.78, 5) is 58.5. The smallest absolute Gasteiger partial charge is 0.280 e. The highest BCUT2D eigenvalue weighted by Gasteiger charge is 2.45. The standard InChI is InChI=1S/C23H29N11O10/c1-6(25-2-7-11(36)13(38)20(43-7)33-4-26-9-15(33)28-22(24)30-18(9)41)17(40)31-23-29-16-10(19(42)32-23)27-5-34(16)21-14(39)12(37)8(3-35)44-21/h4-8,11-14,20-21,25,35-39H,2-3H2,1H3,(H3,24,28,30,41)(H2,29,31,32,40,42). The van der Waals surface area contributed by atoms with Crippen molar-refractivity contribution in [2.45, 2.75) is 62.0 Å². The molecule has 4 aromatic rings. The van der Waals surface area contributed by atoms with Crippen LogP contribution in [-0.4, -0.2) is 126 Å². The number of amides is 1. The van der Waals surface area contributed by atoms with Crippen molar-refractivity contribution in [1.29, 1.82) is 0 Å². The van der Waals surface area contributed by atoms with Gasteiger partial charge in [0.2, 0.25) is 17.8 Å². The number of carbonyl (C=O) groups excluding carboxylic acids is 1. The molecule has 9 atom stereocenters. The maximum Gasteiger partial charge on any atom is 0.280 e. The number of aromatic nitrogens is 8. The van der Waals surface area contributed by atoms with Crippen LogP contribution in [0.3, 0.4) is 0 Å². The van der Waals surface area contributed by atoms with Crippen molar-refractivity contribution in [3.63, 3.8) is 0 Å². The number of carbonyl (C=O) groups is 1. The summed E-state index contributed by atoms with van der Waals surface area (Å²) in [6, 6.07) is -0.928. The molecular weight excluding hydrogens is 590 g/mol. The predicted molar refractivity (Wildman–Crippen MR) is 146 cm³/mol. The number of hydrogen-bond acceptors (Lipinski definition) is 16. The van der Waals surface area contributed by atoms with Crippen LogP contribution in [0.5, 0.6) is 0 Å². The van der Waals surface area contributed by atoms with E-state index in [0.29, 0.717) is 0 Å². The number of aliphatic hydroxyl groups excluding tert-OH is 5. The second kappa shape index (κ2) is 11.3. The second-order valence-electron chi connectivity index (χ2n) is 10.4. The Balaban J connectivity index is 1.12. The molecule has 21 nitrogen and oxygen atoms in total. The quantitative estimate of drug-likeness (QED) is 0.0882. The molecule has 2 aliphatic heterocycles. The fraction of sp³-hybridized carbons (Fsp3) is 0.522. The first kappa shape index (κ1) is 29.7. The number of H-pyrrole nitrogens is 2. The molecule has 0 aromatic carbocycles. The van der Waals surface area contributed by atoms with E-state index in [9.17, 15) is 39.9 Å². The fourth-order valence-electron chi connectivity index (χ4n) is 5.15. The highest BCUT2D eigenvalue weighted by Crippen LogP contribution is 2.32. The lowest BCUT2D eigenvalue weighted by molar-refractivity contribution is -0.118. The molecule has 0 bridgehead atoms. The molecule has 0 aliphatic carbocycles. The number of imidazole rings is 2. The van der Waals surface area contributed by atoms with E-state index in [4.69, 9.17) is 15.2 Å². The van der Waals surface area contributed by atoms with Crippen molar-refractivity contribution in [3.05, 3.63) is 33.4 Å². The molecule has 6 heterocycles. The molecular formula is C23H29N11O10. The summed E-state index contributed by atoms with van der Waals surface area (Å²) in [5, 5.41) is 56.4. The first-order valence-corrected chi connectivity index (χ1v) is 13.4. The lowest BCUT2D eigenvalue weighted by Crippen LogP contribution is -2.45. The van der Waals surface area contributed by atoms with Gasteiger partial charge in [0, 0.05) is 6.54 Å². The van der Waals surface area contributed by atoms with E-state index in [-0.39, 0.29) is 40.8 Å². The molecule has 236 valence electrons. The third-order valence-electron chi connectivity index (χ3n) is 7.55. The van der Waals surface area contributed by atoms with Crippen LogP contribution >= 0.6 is 0 Å². The number of fused-ring (bicyclic) bond motifs is 2. The highest BCUT2D eigenvalue weighted by atomic mass is 16.6. The molecule has 4 aromatic heterocycles. The monoisotopic (exact) mass is 619 g/mol. The average Bonchev–Trinajstić information content (AvgIpc) is 3.73. The van der Waals surface area contributed by atoms with E-state index in [1.807, 2.05) is 0 Å². The number of aliphatic hydroxyl groups is 5. The Bertz CT molecular complexity index is 1820. The van der Waals surface area contributed by atoms with Gasteiger partial charge in [-0.2, -0.15) is 9.97 Å². The first-order chi connectivity index (χ1) is 21.0. The van der Waals surface area contributed by atoms with E-state index in [0.717, 1.165) is 0 Å². The van der Waals surface area contributed by atoms with Crippen LogP contribution in [0.4, 0.5) is 11.9 Å². The van der Waals surface area contributed by atoms with Crippen LogP contribution in [-0.2, 0) is 14.3 Å². The minimum Gasteiger partial charge on any atom is -0.394 e. The topological polar surface area (TPSA) is 314 Å². The van der Waals surface area contributed by atoms with Crippen LogP contribution in [0.25, 0.3) is 22.3 Å². The third-order valence-corrected chi connectivity index (χ3v) is 7.55. The Morgan fingerprint density at radius 3 is 2.07 bits per heavy atom. The van der Waals surface area contributed by atoms with E-state index in [1.165, 1.54) is 28.7 Å². The summed E-state index contributed by atoms with van der Waals surface area (Å²) >= 11 is 0. The highest BCUT2D eigenvalue weighted by molar-refractivity contribution is 5.93. The fourth-order valence-corrected chi connectivity index (χ4v) is 5.15. The zero-order chi connectivity index (χ0) is 31.4. The Morgan fingerprint density at radius 1 is 0.932 bits per heavy atom. The predicted octanol–water partition coefficient (Wildman–Crippen LogP) is -5.02. The van der Waals surface area contributed by atoms with E-state index < -0.39 is 78.8 Å². The van der Waals surface area contributed by atoms with E-state index >= 15 is 0 Å². The van der Waals surface area contributed by atoms with Gasteiger partial charge >= 0.3 is 0 Å². The largest absolute Gasteiger partial charge is 0.394 e. The number of aromatic amines is 2. The van der Waals surface area contributed by atoms with Gasteiger partial charge in [0.1, 0.15) is 36.6 Å². The van der Waals surface area contributed by atoms with Crippen molar-refractivity contribution >= 4 is 40.1 Å². The number of nitrogen functional groups attached to an aromatic ring is 1. The second-order valence-corrected chi connectivity index (χ2v) is 10.4. The number of anilines is 2. The lowest BCUT2D eigenvalue weighted by Gasteiger charge is -2.19. The van der Waals surface area contributed by atoms with Gasteiger partial charge in [-0.3, -0.25) is 38.8 Å². The Morgan fingerprint density at radius 2 is 1.48 bits per heavy atom. The summed E-state index contributed by atoms with van der Waals surface area (Å²) in [6.07, 6.45) is -7.73. The Labute approximate surface area is 244 Å². The van der Waals surface area contributed by atoms with Crippen molar-refractivity contribution in [3.8, 4) is 0 Å². The van der Waals surface area contributed by atoms with Gasteiger partial charge in [0.25, 0.3) is 11.1 Å². The van der Waals surface area contributed by atoms with Gasteiger partial charge in [-0.15, -0.1) is 0 Å². The summed E-state index contributed by atoms with van der Waals surface area (Å²) in [5.74, 6) is -1.07. The summed E-state index contributed by atoms with van der Waals surface area (Å²) in [5.41, 5.74) is 4.15. The van der Waals surface area contributed by atoms with Crippen LogP contribution in [0.2, 0.25) is 0 Å². The van der Waals surface area contributed by atoms with Crippen LogP contribution in [0.15, 0.2) is 22.2 Å². The minimum absolute atomic E-state index is 0.0388. The molecule has 0 saturated carbocycles. The zero-order valence-corrected chi connectivity index (χ0v) is 22.8. The number of hydrogen-bond donors (Lipinski definition) is 10. The summed E-state index contributed by atoms with van der Waals surface area (Å²) in [6.45, 7) is 0.831. The van der Waals surface area contributed by atoms with Crippen LogP contribution < -0.4 is 27.5 Å². The molecule has 0 spiro atoms. The van der Waals surface area contributed by atoms with Gasteiger partial charge in [-0.05, 0) is 6.92 Å². The average molecular weight is 620 g/mol. The van der Waals surface area contributed by atoms with Gasteiger partial charge in [0.05, 0.1) is 25.3 Å². The Hall–Kier alpha value is -4.35. The maximum atomic E-state index is 12.9. The first-order valence-electron chi connectivity index (χ1n) is 13.4. The number of ether oxygens (including phenoxy) is 2. The van der Waals surface area contributed by atoms with Gasteiger partial charge in [-0.25, -0.2) is 9.97 Å². The molecule has 2 saturated heterocycles. The number of nitrogens with zero attached hydrogens (tertiary/aromatic N) is 6. The number of nitrogens with one attached hydrogen (secondary N) is 4. The summed E-state index contributed by atoms with van der Waals surface area (Å²) in [7, 11) is 0. The van der Waals surface area contributed by atoms with Crippen molar-refractivity contribution in [1.82, 2.24) is 44.4 Å². The molecule has 2 fully saturated rings. The van der Waals surface area contributed by atoms with Crippen LogP contribution in [0, 0.1) is 0 Å². The number of nitrogens with two attached hydrogens (primary N) is 1. The maximum absolute atomic E-state index is 12.9. The van der Waals surface area contributed by atoms with Gasteiger partial charge in [0.15, 0.2) is 34.8 Å². The lowest BCUT2D eigenvalue weighted by atomic mass is 10.1. The van der Waals surface area contributed by atoms with E-state index in [1.54, 1.807) is 0 Å². The van der Waals surface area contributed by atoms with Crippen LogP contribution in [0.1, 0.15) is 19.4 Å². The van der Waals surface area contributed by atoms with Gasteiger partial charge in [-0.1, -0.05) is 0 Å². The molecule has 44 heavy (non-hydrogen) atoms. The number of rotatable bonds is 8. The normalized spacial score (nSPS) is 29.5. The molecule has 6 rings (SSSR count). The Kier molecular flexibility index (Phi) is 7.63. The van der Waals surface area contributed by atoms with Crippen molar-refractivity contribution in [2.24, 2.45) is 0 Å². The molecule has 0 radical (unpaired) electrons. The zero-order valence-electron chi connectivity index (χ0n) is 22.8. The molecule has 9 unspecified atom stereocenters. The third kappa shape index (κ3) is 4.99. The molecule has 1 amide bonds. The van der Waals surface area contributed by atoms with Crippen molar-refractivity contribution in [2.75, 3.05) is 24.2 Å². The van der Waals surface area contributed by atoms with Crippen molar-refractivity contribution < 1.29 is 39.8 Å². The minimum atomic E-state index is -1.45.